The summed E-state index contributed by atoms with van der Waals surface area (Å²) >= 11 is 0. The van der Waals surface area contributed by atoms with Crippen LogP contribution in [0.5, 0.6) is 11.5 Å². The van der Waals surface area contributed by atoms with Gasteiger partial charge >= 0.3 is 0 Å². The van der Waals surface area contributed by atoms with Gasteiger partial charge in [-0.1, -0.05) is 0 Å². The number of hydrogen-bond donors (Lipinski definition) is 1. The number of nitrogens with one attached hydrogen (secondary N) is 1. The van der Waals surface area contributed by atoms with Crippen LogP contribution in [0.25, 0.3) is 11.4 Å². The number of amides is 1. The van der Waals surface area contributed by atoms with E-state index in [2.05, 4.69) is 15.3 Å². The molecule has 29 heavy (non-hydrogen) atoms. The Balaban J connectivity index is 1.42. The average molecular weight is 389 g/mol. The van der Waals surface area contributed by atoms with Crippen molar-refractivity contribution in [3.8, 4) is 22.9 Å². The van der Waals surface area contributed by atoms with Crippen LogP contribution >= 0.6 is 0 Å². The first-order chi connectivity index (χ1) is 14.1. The lowest BCUT2D eigenvalue weighted by Gasteiger charge is -2.25. The molecule has 0 saturated heterocycles. The minimum atomic E-state index is -0.251. The summed E-state index contributed by atoms with van der Waals surface area (Å²) in [5.74, 6) is 1.98. The summed E-state index contributed by atoms with van der Waals surface area (Å²) in [6, 6.07) is 15.2. The Labute approximate surface area is 169 Å². The molecule has 1 amide bonds. The van der Waals surface area contributed by atoms with Crippen LogP contribution < -0.4 is 14.8 Å². The Morgan fingerprint density at radius 1 is 1.21 bits per heavy atom. The number of carbonyl (C=O) groups excluding carboxylic acids is 1. The second-order valence-corrected chi connectivity index (χ2v) is 7.00. The molecule has 1 N–H and O–H groups in total. The first kappa shape index (κ1) is 18.9. The lowest BCUT2D eigenvalue weighted by molar-refractivity contribution is -0.121. The molecule has 148 valence electrons. The van der Waals surface area contributed by atoms with E-state index in [1.165, 1.54) is 0 Å². The molecular formula is C23H23N3O3. The van der Waals surface area contributed by atoms with Gasteiger partial charge in [-0.05, 0) is 74.4 Å². The zero-order valence-corrected chi connectivity index (χ0v) is 16.5. The van der Waals surface area contributed by atoms with Crippen molar-refractivity contribution >= 4 is 11.6 Å². The highest BCUT2D eigenvalue weighted by molar-refractivity contribution is 5.93. The van der Waals surface area contributed by atoms with E-state index in [0.29, 0.717) is 25.5 Å². The molecule has 0 spiro atoms. The molecule has 1 atom stereocenters. The fourth-order valence-electron chi connectivity index (χ4n) is 3.33. The fourth-order valence-corrected chi connectivity index (χ4v) is 3.33. The number of fused-ring (bicyclic) bond motifs is 1. The van der Waals surface area contributed by atoms with Gasteiger partial charge in [-0.3, -0.25) is 4.79 Å². The van der Waals surface area contributed by atoms with Gasteiger partial charge in [0.2, 0.25) is 5.91 Å². The maximum Gasteiger partial charge on any atom is 0.231 e. The molecule has 0 radical (unpaired) electrons. The van der Waals surface area contributed by atoms with Crippen molar-refractivity contribution in [1.82, 2.24) is 9.97 Å². The summed E-state index contributed by atoms with van der Waals surface area (Å²) in [4.78, 5) is 21.5. The van der Waals surface area contributed by atoms with Crippen molar-refractivity contribution < 1.29 is 14.3 Å². The molecule has 6 nitrogen and oxygen atoms in total. The van der Waals surface area contributed by atoms with Gasteiger partial charge in [0.1, 0.15) is 18.1 Å². The summed E-state index contributed by atoms with van der Waals surface area (Å²) in [6.07, 6.45) is 2.36. The first-order valence-electron chi connectivity index (χ1n) is 9.72. The normalized spacial score (nSPS) is 15.2. The van der Waals surface area contributed by atoms with Crippen LogP contribution in [0.4, 0.5) is 5.69 Å². The minimum absolute atomic E-state index is 0.0583. The summed E-state index contributed by atoms with van der Waals surface area (Å²) in [5.41, 5.74) is 3.55. The largest absolute Gasteiger partial charge is 0.494 e. The van der Waals surface area contributed by atoms with Gasteiger partial charge in [0.05, 0.1) is 12.5 Å². The number of aryl methyl sites for hydroxylation is 1. The van der Waals surface area contributed by atoms with Gasteiger partial charge in [0.15, 0.2) is 5.82 Å². The van der Waals surface area contributed by atoms with Gasteiger partial charge in [-0.25, -0.2) is 9.97 Å². The average Bonchev–Trinajstić information content (AvgIpc) is 2.74. The highest BCUT2D eigenvalue weighted by Crippen LogP contribution is 2.31. The van der Waals surface area contributed by atoms with E-state index >= 15 is 0 Å². The van der Waals surface area contributed by atoms with Gasteiger partial charge in [-0.2, -0.15) is 0 Å². The van der Waals surface area contributed by atoms with Crippen LogP contribution in [0.3, 0.4) is 0 Å². The summed E-state index contributed by atoms with van der Waals surface area (Å²) < 4.78 is 11.3. The predicted octanol–water partition coefficient (Wildman–Crippen LogP) is 4.04. The molecule has 4 rings (SSSR count). The number of rotatable bonds is 5. The van der Waals surface area contributed by atoms with Crippen molar-refractivity contribution in [2.24, 2.45) is 5.92 Å². The van der Waals surface area contributed by atoms with Gasteiger partial charge in [0.25, 0.3) is 0 Å². The predicted molar refractivity (Wildman–Crippen MR) is 111 cm³/mol. The van der Waals surface area contributed by atoms with E-state index < -0.39 is 0 Å². The number of benzene rings is 2. The zero-order valence-electron chi connectivity index (χ0n) is 16.5. The minimum Gasteiger partial charge on any atom is -0.494 e. The third-order valence-electron chi connectivity index (χ3n) is 4.83. The third-order valence-corrected chi connectivity index (χ3v) is 4.83. The maximum atomic E-state index is 12.7. The second kappa shape index (κ2) is 8.31. The number of carbonyl (C=O) groups is 1. The SMILES string of the molecule is CCOc1ccc2c(c1)CC(C(=O)Nc1ccc(-c3nccc(C)n3)cc1)CO2. The Morgan fingerprint density at radius 3 is 2.79 bits per heavy atom. The van der Waals surface area contributed by atoms with E-state index in [-0.39, 0.29) is 11.8 Å². The second-order valence-electron chi connectivity index (χ2n) is 7.00. The quantitative estimate of drug-likeness (QED) is 0.713. The molecule has 2 aromatic carbocycles. The smallest absolute Gasteiger partial charge is 0.231 e. The lowest BCUT2D eigenvalue weighted by Crippen LogP contribution is -2.32. The number of ether oxygens (including phenoxy) is 2. The maximum absolute atomic E-state index is 12.7. The zero-order chi connectivity index (χ0) is 20.2. The Kier molecular flexibility index (Phi) is 5.42. The molecule has 1 unspecified atom stereocenters. The van der Waals surface area contributed by atoms with Crippen LogP contribution in [0.1, 0.15) is 18.2 Å². The molecule has 6 heteroatoms. The fraction of sp³-hybridized carbons (Fsp3) is 0.261. The van der Waals surface area contributed by atoms with E-state index in [9.17, 15) is 4.79 Å². The molecule has 1 aliphatic heterocycles. The monoisotopic (exact) mass is 389 g/mol. The summed E-state index contributed by atoms with van der Waals surface area (Å²) in [7, 11) is 0. The van der Waals surface area contributed by atoms with Crippen molar-refractivity contribution in [3.05, 3.63) is 66.0 Å². The topological polar surface area (TPSA) is 73.3 Å². The van der Waals surface area contributed by atoms with Crippen LogP contribution in [0, 0.1) is 12.8 Å². The van der Waals surface area contributed by atoms with E-state index in [0.717, 1.165) is 34.0 Å². The standard InChI is InChI=1S/C23H23N3O3/c1-3-28-20-8-9-21-17(13-20)12-18(14-29-21)23(27)26-19-6-4-16(5-7-19)22-24-11-10-15(2)25-22/h4-11,13,18H,3,12,14H2,1-2H3,(H,26,27). The van der Waals surface area contributed by atoms with Crippen LogP contribution in [-0.4, -0.2) is 29.1 Å². The molecule has 3 aromatic rings. The van der Waals surface area contributed by atoms with Crippen molar-refractivity contribution in [1.29, 1.82) is 0 Å². The first-order valence-corrected chi connectivity index (χ1v) is 9.72. The number of aromatic nitrogens is 2. The summed E-state index contributed by atoms with van der Waals surface area (Å²) in [5, 5.41) is 2.98. The lowest BCUT2D eigenvalue weighted by atomic mass is 9.95. The Bertz CT molecular complexity index is 1020. The van der Waals surface area contributed by atoms with Crippen molar-refractivity contribution in [2.45, 2.75) is 20.3 Å². The molecule has 0 aliphatic carbocycles. The number of hydrogen-bond acceptors (Lipinski definition) is 5. The molecule has 1 aliphatic rings. The highest BCUT2D eigenvalue weighted by atomic mass is 16.5. The van der Waals surface area contributed by atoms with Gasteiger partial charge < -0.3 is 14.8 Å². The molecule has 0 fully saturated rings. The van der Waals surface area contributed by atoms with E-state index in [4.69, 9.17) is 9.47 Å². The van der Waals surface area contributed by atoms with Crippen LogP contribution in [0.15, 0.2) is 54.7 Å². The van der Waals surface area contributed by atoms with Crippen molar-refractivity contribution in [2.75, 3.05) is 18.5 Å². The van der Waals surface area contributed by atoms with Crippen LogP contribution in [0.2, 0.25) is 0 Å². The highest BCUT2D eigenvalue weighted by Gasteiger charge is 2.26. The van der Waals surface area contributed by atoms with E-state index in [1.54, 1.807) is 6.20 Å². The molecule has 2 heterocycles. The van der Waals surface area contributed by atoms with Crippen LogP contribution in [-0.2, 0) is 11.2 Å². The Morgan fingerprint density at radius 2 is 2.03 bits per heavy atom. The van der Waals surface area contributed by atoms with E-state index in [1.807, 2.05) is 62.4 Å². The molecule has 0 bridgehead atoms. The molecular weight excluding hydrogens is 366 g/mol. The third kappa shape index (κ3) is 4.37. The van der Waals surface area contributed by atoms with Gasteiger partial charge in [0, 0.05) is 23.1 Å². The van der Waals surface area contributed by atoms with Crippen molar-refractivity contribution in [3.63, 3.8) is 0 Å². The number of nitrogens with zero attached hydrogens (tertiary/aromatic N) is 2. The summed E-state index contributed by atoms with van der Waals surface area (Å²) in [6.45, 7) is 4.85. The Hall–Kier alpha value is -3.41. The molecule has 0 saturated carbocycles. The van der Waals surface area contributed by atoms with Gasteiger partial charge in [-0.15, -0.1) is 0 Å². The molecule has 1 aromatic heterocycles. The number of anilines is 1.